The fraction of sp³-hybridized carbons (Fsp3) is 0.635. The van der Waals surface area contributed by atoms with Gasteiger partial charge in [-0.2, -0.15) is 0 Å². The molecular formula is C74H122NO8+. The fourth-order valence-corrected chi connectivity index (χ4v) is 8.54. The van der Waals surface area contributed by atoms with Crippen molar-refractivity contribution in [2.24, 2.45) is 0 Å². The molecule has 470 valence electrons. The average Bonchev–Trinajstić information content (AvgIpc) is 3.46. The molecule has 0 amide bonds. The van der Waals surface area contributed by atoms with Crippen LogP contribution in [0.4, 0.5) is 0 Å². The molecule has 0 saturated carbocycles. The molecule has 0 fully saturated rings. The fourth-order valence-electron chi connectivity index (χ4n) is 8.54. The molecular weight excluding hydrogens is 1030 g/mol. The minimum absolute atomic E-state index is 0.177. The normalized spacial score (nSPS) is 13.7. The van der Waals surface area contributed by atoms with E-state index in [4.69, 9.17) is 18.9 Å². The lowest BCUT2D eigenvalue weighted by molar-refractivity contribution is -0.870. The quantitative estimate of drug-likeness (QED) is 0.0211. The van der Waals surface area contributed by atoms with Gasteiger partial charge in [-0.05, 0) is 122 Å². The van der Waals surface area contributed by atoms with Crippen LogP contribution in [0.2, 0.25) is 0 Å². The minimum atomic E-state index is -1.52. The molecule has 83 heavy (non-hydrogen) atoms. The Bertz CT molecular complexity index is 1870. The number of hydrogen-bond acceptors (Lipinski definition) is 7. The van der Waals surface area contributed by atoms with E-state index in [0.29, 0.717) is 17.4 Å². The number of carbonyl (C=O) groups is 3. The van der Waals surface area contributed by atoms with Crippen LogP contribution in [0, 0.1) is 0 Å². The van der Waals surface area contributed by atoms with Crippen molar-refractivity contribution in [2.45, 2.75) is 257 Å². The van der Waals surface area contributed by atoms with Gasteiger partial charge in [-0.15, -0.1) is 0 Å². The van der Waals surface area contributed by atoms with Gasteiger partial charge in [0.25, 0.3) is 6.29 Å². The summed E-state index contributed by atoms with van der Waals surface area (Å²) in [7, 11) is 5.96. The van der Waals surface area contributed by atoms with Crippen LogP contribution >= 0.6 is 0 Å². The predicted molar refractivity (Wildman–Crippen MR) is 354 cm³/mol. The number of allylic oxidation sites excluding steroid dienone is 24. The van der Waals surface area contributed by atoms with E-state index in [0.717, 1.165) is 128 Å². The standard InChI is InChI=1S/C74H121NO8/c1-6-8-10-12-14-16-18-20-22-24-26-28-29-30-31-32-33-34-35-36-37-38-39-40-41-42-43-45-47-49-51-53-55-57-59-61-63-65-72(77)83-70(69-82-74(73(78)79)80-67-66-75(3,4)5)68-81-71(76)64-62-60-58-56-54-52-50-48-46-44-27-25-23-21-19-17-15-13-11-9-7-2/h8,10,14,16,19-22,25-28,30-31,33-34,36-37,39-40,42-43,46,48,70,74H,6-7,9,11-13,15,17-18,23-24,29,32,35,38,41,44-45,47,49-69H2,1-5H3/p+1/b10-8-,16-14-,21-19-,22-20-,27-25-,28-26-,31-30-,34-33-,37-36-,40-39-,43-42-,48-46-. The Balaban J connectivity index is 4.23. The van der Waals surface area contributed by atoms with Crippen LogP contribution in [0.3, 0.4) is 0 Å². The lowest BCUT2D eigenvalue weighted by Gasteiger charge is -2.25. The maximum absolute atomic E-state index is 12.9. The van der Waals surface area contributed by atoms with Crippen molar-refractivity contribution in [1.29, 1.82) is 0 Å². The van der Waals surface area contributed by atoms with Gasteiger partial charge in [-0.25, -0.2) is 4.79 Å². The Labute approximate surface area is 509 Å². The molecule has 0 rings (SSSR count). The first-order valence-electron chi connectivity index (χ1n) is 33.0. The van der Waals surface area contributed by atoms with E-state index in [1.807, 2.05) is 21.1 Å². The molecule has 0 aromatic heterocycles. The molecule has 0 aliphatic carbocycles. The highest BCUT2D eigenvalue weighted by Crippen LogP contribution is 2.15. The zero-order valence-corrected chi connectivity index (χ0v) is 53.5. The van der Waals surface area contributed by atoms with Crippen molar-refractivity contribution in [3.63, 3.8) is 0 Å². The SMILES string of the molecule is CC/C=C\C/C=C\C/C=C\C/C=C\C/C=C\C/C=C\C/C=C\C/C=C\C/C=C\CCCCCCCCCCCC(=O)OC(COC(=O)CCCCCCCC/C=C\C/C=C\C/C=C\CCCCCCC)COC(OCC[N+](C)(C)C)C(=O)O. The molecule has 0 aromatic carbocycles. The molecule has 0 aliphatic heterocycles. The number of carboxylic acid groups (broad SMARTS) is 1. The zero-order chi connectivity index (χ0) is 60.5. The van der Waals surface area contributed by atoms with E-state index in [1.165, 1.54) is 83.5 Å². The smallest absolute Gasteiger partial charge is 0.361 e. The monoisotopic (exact) mass is 1150 g/mol. The summed E-state index contributed by atoms with van der Waals surface area (Å²) in [5.74, 6) is -2.04. The summed E-state index contributed by atoms with van der Waals surface area (Å²) < 4.78 is 22.9. The van der Waals surface area contributed by atoms with Gasteiger partial charge in [0.05, 0.1) is 34.4 Å². The molecule has 0 heterocycles. The number of hydrogen-bond donors (Lipinski definition) is 1. The Morgan fingerprint density at radius 2 is 0.687 bits per heavy atom. The van der Waals surface area contributed by atoms with E-state index in [2.05, 4.69) is 160 Å². The molecule has 9 heteroatoms. The second-order valence-electron chi connectivity index (χ2n) is 22.7. The van der Waals surface area contributed by atoms with E-state index in [-0.39, 0.29) is 38.6 Å². The van der Waals surface area contributed by atoms with Crippen LogP contribution < -0.4 is 0 Å². The molecule has 2 atom stereocenters. The number of aliphatic carboxylic acids is 1. The largest absolute Gasteiger partial charge is 0.477 e. The number of ether oxygens (including phenoxy) is 4. The lowest BCUT2D eigenvalue weighted by Crippen LogP contribution is -2.40. The third-order valence-electron chi connectivity index (χ3n) is 13.6. The summed E-state index contributed by atoms with van der Waals surface area (Å²) >= 11 is 0. The summed E-state index contributed by atoms with van der Waals surface area (Å²) in [5, 5.41) is 9.73. The highest BCUT2D eigenvalue weighted by molar-refractivity contribution is 5.71. The first kappa shape index (κ1) is 78.2. The van der Waals surface area contributed by atoms with Crippen LogP contribution in [0.15, 0.2) is 146 Å². The zero-order valence-electron chi connectivity index (χ0n) is 53.5. The number of unbranched alkanes of at least 4 members (excludes halogenated alkanes) is 20. The van der Waals surface area contributed by atoms with Crippen LogP contribution in [-0.4, -0.2) is 87.4 Å². The molecule has 0 bridgehead atoms. The van der Waals surface area contributed by atoms with Gasteiger partial charge in [0.2, 0.25) is 0 Å². The molecule has 0 spiro atoms. The summed E-state index contributed by atoms with van der Waals surface area (Å²) in [6.07, 6.45) is 89.4. The molecule has 0 saturated heterocycles. The Kier molecular flexibility index (Phi) is 59.5. The maximum atomic E-state index is 12.9. The van der Waals surface area contributed by atoms with Crippen molar-refractivity contribution in [3.8, 4) is 0 Å². The molecule has 0 radical (unpaired) electrons. The molecule has 0 aliphatic rings. The maximum Gasteiger partial charge on any atom is 0.361 e. The van der Waals surface area contributed by atoms with Crippen molar-refractivity contribution in [2.75, 3.05) is 47.5 Å². The highest BCUT2D eigenvalue weighted by atomic mass is 16.7. The first-order valence-corrected chi connectivity index (χ1v) is 33.0. The van der Waals surface area contributed by atoms with Gasteiger partial charge in [0.1, 0.15) is 13.2 Å². The van der Waals surface area contributed by atoms with E-state index < -0.39 is 24.3 Å². The summed E-state index contributed by atoms with van der Waals surface area (Å²) in [5.41, 5.74) is 0. The second-order valence-corrected chi connectivity index (χ2v) is 22.7. The molecule has 1 N–H and O–H groups in total. The van der Waals surface area contributed by atoms with Crippen molar-refractivity contribution in [1.82, 2.24) is 0 Å². The Hall–Kier alpha value is -4.83. The topological polar surface area (TPSA) is 108 Å². The summed E-state index contributed by atoms with van der Waals surface area (Å²) in [6, 6.07) is 0. The van der Waals surface area contributed by atoms with Crippen LogP contribution in [0.1, 0.15) is 245 Å². The van der Waals surface area contributed by atoms with E-state index >= 15 is 0 Å². The van der Waals surface area contributed by atoms with Gasteiger partial charge in [0.15, 0.2) is 6.10 Å². The van der Waals surface area contributed by atoms with Crippen molar-refractivity contribution >= 4 is 17.9 Å². The molecule has 2 unspecified atom stereocenters. The van der Waals surface area contributed by atoms with Crippen LogP contribution in [0.25, 0.3) is 0 Å². The van der Waals surface area contributed by atoms with E-state index in [9.17, 15) is 19.5 Å². The van der Waals surface area contributed by atoms with Crippen LogP contribution in [-0.2, 0) is 33.3 Å². The first-order chi connectivity index (χ1) is 40.6. The third-order valence-corrected chi connectivity index (χ3v) is 13.6. The Morgan fingerprint density at radius 3 is 1.02 bits per heavy atom. The average molecular weight is 1150 g/mol. The predicted octanol–water partition coefficient (Wildman–Crippen LogP) is 20.3. The Morgan fingerprint density at radius 1 is 0.373 bits per heavy atom. The number of carbonyl (C=O) groups excluding carboxylic acids is 2. The van der Waals surface area contributed by atoms with Gasteiger partial charge in [-0.1, -0.05) is 256 Å². The third kappa shape index (κ3) is 64.6. The lowest BCUT2D eigenvalue weighted by atomic mass is 10.1. The number of quaternary nitrogens is 1. The summed E-state index contributed by atoms with van der Waals surface area (Å²) in [4.78, 5) is 37.5. The number of esters is 2. The van der Waals surface area contributed by atoms with Gasteiger partial charge in [-0.3, -0.25) is 9.59 Å². The highest BCUT2D eigenvalue weighted by Gasteiger charge is 2.25. The van der Waals surface area contributed by atoms with E-state index in [1.54, 1.807) is 0 Å². The van der Waals surface area contributed by atoms with Crippen molar-refractivity contribution < 1.29 is 42.9 Å². The minimum Gasteiger partial charge on any atom is -0.477 e. The second kappa shape index (κ2) is 63.2. The number of carboxylic acids is 1. The molecule has 9 nitrogen and oxygen atoms in total. The number of likely N-dealkylation sites (N-methyl/N-ethyl adjacent to an activating group) is 1. The van der Waals surface area contributed by atoms with Crippen molar-refractivity contribution in [3.05, 3.63) is 146 Å². The van der Waals surface area contributed by atoms with Gasteiger partial charge in [0, 0.05) is 12.8 Å². The van der Waals surface area contributed by atoms with Gasteiger partial charge >= 0.3 is 17.9 Å². The van der Waals surface area contributed by atoms with Crippen LogP contribution in [0.5, 0.6) is 0 Å². The number of nitrogens with zero attached hydrogens (tertiary/aromatic N) is 1. The molecule has 0 aromatic rings. The summed E-state index contributed by atoms with van der Waals surface area (Å²) in [6.45, 7) is 4.72. The number of rotatable bonds is 59. The van der Waals surface area contributed by atoms with Gasteiger partial charge < -0.3 is 28.5 Å².